The third-order valence-electron chi connectivity index (χ3n) is 4.14. The molecule has 1 aliphatic carbocycles. The van der Waals surface area contributed by atoms with E-state index in [2.05, 4.69) is 11.8 Å². The predicted molar refractivity (Wildman–Crippen MR) is 66.2 cm³/mol. The highest BCUT2D eigenvalue weighted by Crippen LogP contribution is 2.39. The predicted octanol–water partition coefficient (Wildman–Crippen LogP) is 2.21. The molecule has 1 aliphatic heterocycles. The summed E-state index contributed by atoms with van der Waals surface area (Å²) in [6, 6.07) is 0.176. The van der Waals surface area contributed by atoms with Crippen LogP contribution in [0.5, 0.6) is 0 Å². The van der Waals surface area contributed by atoms with Gasteiger partial charge in [0.2, 0.25) is 9.05 Å². The molecule has 94 valence electrons. The number of nitrogens with zero attached hydrogens (tertiary/aromatic N) is 1. The molecule has 0 aromatic rings. The minimum absolute atomic E-state index is 0.176. The van der Waals surface area contributed by atoms with E-state index < -0.39 is 9.05 Å². The Labute approximate surface area is 103 Å². The molecular weight excluding hydrogens is 246 g/mol. The average Bonchev–Trinajstić information content (AvgIpc) is 2.26. The molecule has 1 saturated heterocycles. The van der Waals surface area contributed by atoms with Crippen LogP contribution in [0.4, 0.5) is 0 Å². The van der Waals surface area contributed by atoms with Gasteiger partial charge in [-0.1, -0.05) is 13.3 Å². The van der Waals surface area contributed by atoms with Gasteiger partial charge in [-0.05, 0) is 44.7 Å². The Morgan fingerprint density at radius 2 is 1.94 bits per heavy atom. The van der Waals surface area contributed by atoms with Gasteiger partial charge in [-0.2, -0.15) is 0 Å². The van der Waals surface area contributed by atoms with E-state index in [1.165, 1.54) is 19.3 Å². The van der Waals surface area contributed by atoms with Crippen molar-refractivity contribution >= 4 is 19.7 Å². The van der Waals surface area contributed by atoms with Gasteiger partial charge < -0.3 is 0 Å². The van der Waals surface area contributed by atoms with Crippen LogP contribution in [0.25, 0.3) is 0 Å². The highest BCUT2D eigenvalue weighted by atomic mass is 35.7. The molecule has 0 aromatic carbocycles. The summed E-state index contributed by atoms with van der Waals surface area (Å²) < 4.78 is 23.3. The Balaban J connectivity index is 2.25. The number of piperidine rings is 1. The summed E-state index contributed by atoms with van der Waals surface area (Å²) >= 11 is 0. The van der Waals surface area contributed by atoms with Gasteiger partial charge in [0.05, 0.1) is 5.25 Å². The number of hydrogen-bond donors (Lipinski definition) is 0. The third kappa shape index (κ3) is 2.39. The highest BCUT2D eigenvalue weighted by molar-refractivity contribution is 8.14. The molecule has 2 rings (SSSR count). The summed E-state index contributed by atoms with van der Waals surface area (Å²) in [5.41, 5.74) is 0. The van der Waals surface area contributed by atoms with Gasteiger partial charge in [-0.15, -0.1) is 0 Å². The van der Waals surface area contributed by atoms with E-state index in [1.807, 2.05) is 0 Å². The lowest BCUT2D eigenvalue weighted by atomic mass is 9.78. The second-order valence-electron chi connectivity index (χ2n) is 4.97. The lowest BCUT2D eigenvalue weighted by Gasteiger charge is -2.46. The van der Waals surface area contributed by atoms with E-state index in [1.54, 1.807) is 0 Å². The molecule has 5 heteroatoms. The van der Waals surface area contributed by atoms with Crippen LogP contribution >= 0.6 is 10.7 Å². The Hall–Kier alpha value is 0.200. The zero-order chi connectivity index (χ0) is 11.8. The van der Waals surface area contributed by atoms with Crippen LogP contribution in [0.15, 0.2) is 0 Å². The molecular formula is C11H20ClNO2S. The van der Waals surface area contributed by atoms with Crippen LogP contribution in [0.3, 0.4) is 0 Å². The van der Waals surface area contributed by atoms with E-state index >= 15 is 0 Å². The molecule has 0 spiro atoms. The van der Waals surface area contributed by atoms with Crippen molar-refractivity contribution in [1.29, 1.82) is 0 Å². The Bertz CT molecular complexity index is 335. The van der Waals surface area contributed by atoms with Gasteiger partial charge in [0.1, 0.15) is 0 Å². The molecule has 3 atom stereocenters. The highest BCUT2D eigenvalue weighted by Gasteiger charge is 2.44. The second kappa shape index (κ2) is 4.83. The molecule has 0 amide bonds. The summed E-state index contributed by atoms with van der Waals surface area (Å²) in [7, 11) is 2.19. The van der Waals surface area contributed by atoms with Crippen LogP contribution in [-0.2, 0) is 9.05 Å². The van der Waals surface area contributed by atoms with Crippen molar-refractivity contribution in [3.63, 3.8) is 0 Å². The first-order valence-corrected chi connectivity index (χ1v) is 8.59. The third-order valence-corrected chi connectivity index (χ3v) is 6.06. The first-order valence-electron chi connectivity index (χ1n) is 6.21. The van der Waals surface area contributed by atoms with Crippen LogP contribution in [0, 0.1) is 5.92 Å². The van der Waals surface area contributed by atoms with Gasteiger partial charge in [0, 0.05) is 16.7 Å². The summed E-state index contributed by atoms with van der Waals surface area (Å²) in [5, 5.41) is -0.340. The monoisotopic (exact) mass is 265 g/mol. The van der Waals surface area contributed by atoms with Crippen LogP contribution < -0.4 is 0 Å². The van der Waals surface area contributed by atoms with Crippen molar-refractivity contribution in [2.24, 2.45) is 5.92 Å². The Morgan fingerprint density at radius 1 is 1.25 bits per heavy atom. The molecule has 2 fully saturated rings. The largest absolute Gasteiger partial charge is 0.299 e. The van der Waals surface area contributed by atoms with Gasteiger partial charge in [-0.25, -0.2) is 8.42 Å². The van der Waals surface area contributed by atoms with Gasteiger partial charge in [-0.3, -0.25) is 4.90 Å². The minimum atomic E-state index is -3.41. The number of hydrogen-bond acceptors (Lipinski definition) is 3. The summed E-state index contributed by atoms with van der Waals surface area (Å²) in [6.07, 6.45) is 5.29. The maximum Gasteiger partial charge on any atom is 0.237 e. The molecule has 1 heterocycles. The first kappa shape index (κ1) is 12.7. The second-order valence-corrected chi connectivity index (χ2v) is 7.81. The number of fused-ring (bicyclic) bond motifs is 1. The van der Waals surface area contributed by atoms with Crippen molar-refractivity contribution in [3.05, 3.63) is 0 Å². The Morgan fingerprint density at radius 3 is 2.56 bits per heavy atom. The fourth-order valence-electron chi connectivity index (χ4n) is 3.46. The van der Waals surface area contributed by atoms with Crippen LogP contribution in [0.2, 0.25) is 0 Å². The molecule has 3 nitrogen and oxygen atoms in total. The van der Waals surface area contributed by atoms with Crippen molar-refractivity contribution in [2.45, 2.75) is 50.3 Å². The van der Waals surface area contributed by atoms with Crippen molar-refractivity contribution in [3.8, 4) is 0 Å². The zero-order valence-corrected chi connectivity index (χ0v) is 11.3. The lowest BCUT2D eigenvalue weighted by molar-refractivity contribution is 0.0688. The van der Waals surface area contributed by atoms with E-state index in [0.29, 0.717) is 5.92 Å². The fourth-order valence-corrected chi connectivity index (χ4v) is 5.22. The van der Waals surface area contributed by atoms with Gasteiger partial charge in [0.15, 0.2) is 0 Å². The maximum atomic E-state index is 11.6. The van der Waals surface area contributed by atoms with Gasteiger partial charge >= 0.3 is 0 Å². The topological polar surface area (TPSA) is 37.4 Å². The summed E-state index contributed by atoms with van der Waals surface area (Å²) in [4.78, 5) is 2.32. The standard InChI is InChI=1S/C11H20ClNO2S/c1-2-13-8-4-6-9-5-3-7-10(11(9)13)16(12,14)15/h9-11H,2-8H2,1H3/t9-,10+,11-/m0/s1. The molecule has 0 N–H and O–H groups in total. The SMILES string of the molecule is CCN1CCC[C@@H]2CCC[C@@H](S(=O)(=O)Cl)[C@H]21. The minimum Gasteiger partial charge on any atom is -0.299 e. The fraction of sp³-hybridized carbons (Fsp3) is 1.00. The smallest absolute Gasteiger partial charge is 0.237 e. The molecule has 0 bridgehead atoms. The number of halogens is 1. The maximum absolute atomic E-state index is 11.6. The van der Waals surface area contributed by atoms with E-state index in [-0.39, 0.29) is 11.3 Å². The molecule has 2 aliphatic rings. The summed E-state index contributed by atoms with van der Waals surface area (Å²) in [6.45, 7) is 4.07. The van der Waals surface area contributed by atoms with Crippen LogP contribution in [0.1, 0.15) is 39.0 Å². The van der Waals surface area contributed by atoms with Crippen LogP contribution in [-0.4, -0.2) is 37.7 Å². The van der Waals surface area contributed by atoms with E-state index in [9.17, 15) is 8.42 Å². The summed E-state index contributed by atoms with van der Waals surface area (Å²) in [5.74, 6) is 0.543. The van der Waals surface area contributed by atoms with E-state index in [0.717, 1.165) is 25.9 Å². The normalized spacial score (nSPS) is 37.0. The zero-order valence-electron chi connectivity index (χ0n) is 9.73. The molecule has 0 unspecified atom stereocenters. The number of rotatable bonds is 2. The number of likely N-dealkylation sites (tertiary alicyclic amines) is 1. The molecule has 16 heavy (non-hydrogen) atoms. The lowest BCUT2D eigenvalue weighted by Crippen LogP contribution is -2.55. The molecule has 1 saturated carbocycles. The Kier molecular flexibility index (Phi) is 3.82. The molecule has 0 radical (unpaired) electrons. The van der Waals surface area contributed by atoms with Crippen molar-refractivity contribution in [2.75, 3.05) is 13.1 Å². The molecule has 0 aromatic heterocycles. The first-order chi connectivity index (χ1) is 7.54. The van der Waals surface area contributed by atoms with Crippen molar-refractivity contribution < 1.29 is 8.42 Å². The van der Waals surface area contributed by atoms with Gasteiger partial charge in [0.25, 0.3) is 0 Å². The average molecular weight is 266 g/mol. The quantitative estimate of drug-likeness (QED) is 0.719. The van der Waals surface area contributed by atoms with E-state index in [4.69, 9.17) is 10.7 Å². The van der Waals surface area contributed by atoms with Crippen molar-refractivity contribution in [1.82, 2.24) is 4.90 Å².